The quantitative estimate of drug-likeness (QED) is 0.934. The first-order chi connectivity index (χ1) is 11.1. The normalized spacial score (nSPS) is 14.7. The van der Waals surface area contributed by atoms with Crippen LogP contribution >= 0.6 is 11.6 Å². The smallest absolute Gasteiger partial charge is 0.255 e. The number of hydrogen-bond acceptors (Lipinski definition) is 3. The van der Waals surface area contributed by atoms with E-state index in [9.17, 15) is 9.18 Å². The molecule has 0 spiro atoms. The van der Waals surface area contributed by atoms with Gasteiger partial charge in [0.05, 0.1) is 16.3 Å². The Morgan fingerprint density at radius 2 is 2.26 bits per heavy atom. The molecule has 2 aromatic rings. The molecular formula is C17H19ClFN3O. The summed E-state index contributed by atoms with van der Waals surface area (Å²) in [6, 6.07) is 5.00. The van der Waals surface area contributed by atoms with Crippen LogP contribution in [0, 0.1) is 5.82 Å². The van der Waals surface area contributed by atoms with Crippen molar-refractivity contribution in [3.8, 4) is 0 Å². The zero-order valence-electron chi connectivity index (χ0n) is 13.0. The van der Waals surface area contributed by atoms with Crippen LogP contribution in [-0.2, 0) is 25.9 Å². The molecule has 2 heterocycles. The maximum Gasteiger partial charge on any atom is 0.255 e. The molecule has 1 aliphatic heterocycles. The van der Waals surface area contributed by atoms with E-state index in [-0.39, 0.29) is 16.4 Å². The highest BCUT2D eigenvalue weighted by molar-refractivity contribution is 6.30. The summed E-state index contributed by atoms with van der Waals surface area (Å²) in [5.74, 6) is 0.371. The van der Waals surface area contributed by atoms with E-state index in [1.165, 1.54) is 6.07 Å². The Morgan fingerprint density at radius 1 is 1.43 bits per heavy atom. The molecule has 0 radical (unpaired) electrons. The summed E-state index contributed by atoms with van der Waals surface area (Å²) in [7, 11) is 0. The molecule has 0 fully saturated rings. The number of hydrogen-bond donors (Lipinski definition) is 1. The molecule has 1 aromatic heterocycles. The number of nitrogens with zero attached hydrogens (tertiary/aromatic N) is 2. The van der Waals surface area contributed by atoms with Gasteiger partial charge < -0.3 is 4.98 Å². The Kier molecular flexibility index (Phi) is 4.78. The van der Waals surface area contributed by atoms with Gasteiger partial charge in [-0.05, 0) is 12.5 Å². The number of nitrogens with one attached hydrogen (secondary N) is 1. The third-order valence-corrected chi connectivity index (χ3v) is 4.40. The summed E-state index contributed by atoms with van der Waals surface area (Å²) in [4.78, 5) is 21.7. The fraction of sp³-hybridized carbons (Fsp3) is 0.412. The maximum atomic E-state index is 14.0. The van der Waals surface area contributed by atoms with Crippen molar-refractivity contribution in [3.63, 3.8) is 0 Å². The topological polar surface area (TPSA) is 49.0 Å². The SMILES string of the molecule is CCCc1nc2c(c(=O)[nH]1)CN(Cc1cccc(Cl)c1F)CC2. The molecule has 0 atom stereocenters. The molecule has 122 valence electrons. The Morgan fingerprint density at radius 3 is 3.04 bits per heavy atom. The van der Waals surface area contributed by atoms with Crippen LogP contribution in [0.15, 0.2) is 23.0 Å². The van der Waals surface area contributed by atoms with Crippen LogP contribution in [0.4, 0.5) is 4.39 Å². The molecular weight excluding hydrogens is 317 g/mol. The van der Waals surface area contributed by atoms with Crippen molar-refractivity contribution >= 4 is 11.6 Å². The molecule has 0 bridgehead atoms. The summed E-state index contributed by atoms with van der Waals surface area (Å²) in [6.07, 6.45) is 2.43. The van der Waals surface area contributed by atoms with E-state index in [1.807, 2.05) is 4.90 Å². The highest BCUT2D eigenvalue weighted by Crippen LogP contribution is 2.22. The number of halogens is 2. The van der Waals surface area contributed by atoms with Gasteiger partial charge in [-0.15, -0.1) is 0 Å². The summed E-state index contributed by atoms with van der Waals surface area (Å²) in [5.41, 5.74) is 2.04. The van der Waals surface area contributed by atoms with Crippen LogP contribution in [0.3, 0.4) is 0 Å². The molecule has 0 unspecified atom stereocenters. The van der Waals surface area contributed by atoms with Gasteiger partial charge in [0.15, 0.2) is 0 Å². The first-order valence-electron chi connectivity index (χ1n) is 7.84. The largest absolute Gasteiger partial charge is 0.310 e. The fourth-order valence-electron chi connectivity index (χ4n) is 2.93. The molecule has 3 rings (SSSR count). The number of aryl methyl sites for hydroxylation is 1. The standard InChI is InChI=1S/C17H19ClFN3O/c1-2-4-15-20-14-7-8-22(10-12(14)17(23)21-15)9-11-5-3-6-13(18)16(11)19/h3,5-6H,2,4,7-10H2,1H3,(H,20,21,23). The van der Waals surface area contributed by atoms with Gasteiger partial charge in [0.2, 0.25) is 0 Å². The first kappa shape index (κ1) is 16.1. The van der Waals surface area contributed by atoms with Gasteiger partial charge in [0.1, 0.15) is 11.6 Å². The average Bonchev–Trinajstić information content (AvgIpc) is 2.53. The van der Waals surface area contributed by atoms with Crippen molar-refractivity contribution in [1.82, 2.24) is 14.9 Å². The van der Waals surface area contributed by atoms with Crippen LogP contribution < -0.4 is 5.56 Å². The fourth-order valence-corrected chi connectivity index (χ4v) is 3.13. The van der Waals surface area contributed by atoms with E-state index in [4.69, 9.17) is 11.6 Å². The summed E-state index contributed by atoms with van der Waals surface area (Å²) in [5, 5.41) is 0.128. The lowest BCUT2D eigenvalue weighted by atomic mass is 10.1. The zero-order valence-corrected chi connectivity index (χ0v) is 13.8. The second-order valence-corrected chi connectivity index (χ2v) is 6.27. The van der Waals surface area contributed by atoms with Crippen LogP contribution in [0.1, 0.15) is 36.0 Å². The predicted octanol–water partition coefficient (Wildman–Crippen LogP) is 3.07. The van der Waals surface area contributed by atoms with Gasteiger partial charge in [0.25, 0.3) is 5.56 Å². The van der Waals surface area contributed by atoms with Crippen molar-refractivity contribution < 1.29 is 4.39 Å². The monoisotopic (exact) mass is 335 g/mol. The minimum Gasteiger partial charge on any atom is -0.310 e. The predicted molar refractivity (Wildman–Crippen MR) is 88.1 cm³/mol. The first-order valence-corrected chi connectivity index (χ1v) is 8.22. The van der Waals surface area contributed by atoms with Crippen LogP contribution in [0.2, 0.25) is 5.02 Å². The third-order valence-electron chi connectivity index (χ3n) is 4.11. The van der Waals surface area contributed by atoms with Crippen molar-refractivity contribution in [3.05, 3.63) is 62.0 Å². The van der Waals surface area contributed by atoms with Gasteiger partial charge in [-0.2, -0.15) is 0 Å². The van der Waals surface area contributed by atoms with E-state index in [2.05, 4.69) is 16.9 Å². The second kappa shape index (κ2) is 6.81. The van der Waals surface area contributed by atoms with Crippen molar-refractivity contribution in [2.45, 2.75) is 39.3 Å². The van der Waals surface area contributed by atoms with Crippen molar-refractivity contribution in [2.75, 3.05) is 6.54 Å². The van der Waals surface area contributed by atoms with E-state index in [0.29, 0.717) is 30.6 Å². The summed E-state index contributed by atoms with van der Waals surface area (Å²) < 4.78 is 14.0. The molecule has 0 saturated carbocycles. The number of aromatic amines is 1. The van der Waals surface area contributed by atoms with E-state index < -0.39 is 0 Å². The summed E-state index contributed by atoms with van der Waals surface area (Å²) in [6.45, 7) is 3.72. The van der Waals surface area contributed by atoms with E-state index in [0.717, 1.165) is 30.9 Å². The minimum absolute atomic E-state index is 0.0743. The lowest BCUT2D eigenvalue weighted by Crippen LogP contribution is -2.36. The Bertz CT molecular complexity index is 775. The number of aromatic nitrogens is 2. The van der Waals surface area contributed by atoms with Gasteiger partial charge in [-0.1, -0.05) is 30.7 Å². The van der Waals surface area contributed by atoms with Gasteiger partial charge in [0, 0.05) is 38.0 Å². The molecule has 1 N–H and O–H groups in total. The Balaban J connectivity index is 1.80. The lowest BCUT2D eigenvalue weighted by Gasteiger charge is -2.28. The van der Waals surface area contributed by atoms with Gasteiger partial charge in [-0.25, -0.2) is 9.37 Å². The van der Waals surface area contributed by atoms with Crippen molar-refractivity contribution in [1.29, 1.82) is 0 Å². The highest BCUT2D eigenvalue weighted by atomic mass is 35.5. The van der Waals surface area contributed by atoms with E-state index >= 15 is 0 Å². The number of fused-ring (bicyclic) bond motifs is 1. The van der Waals surface area contributed by atoms with Crippen LogP contribution in [-0.4, -0.2) is 21.4 Å². The minimum atomic E-state index is -0.384. The third kappa shape index (κ3) is 3.46. The van der Waals surface area contributed by atoms with E-state index in [1.54, 1.807) is 12.1 Å². The molecule has 6 heteroatoms. The maximum absolute atomic E-state index is 14.0. The Labute approximate surface area is 139 Å². The summed E-state index contributed by atoms with van der Waals surface area (Å²) >= 11 is 5.83. The Hall–Kier alpha value is -1.72. The van der Waals surface area contributed by atoms with Crippen LogP contribution in [0.25, 0.3) is 0 Å². The molecule has 0 saturated heterocycles. The molecule has 1 aliphatic rings. The lowest BCUT2D eigenvalue weighted by molar-refractivity contribution is 0.238. The average molecular weight is 336 g/mol. The van der Waals surface area contributed by atoms with Gasteiger partial charge in [-0.3, -0.25) is 9.69 Å². The molecule has 1 aromatic carbocycles. The number of benzene rings is 1. The molecule has 23 heavy (non-hydrogen) atoms. The zero-order chi connectivity index (χ0) is 16.4. The van der Waals surface area contributed by atoms with Crippen molar-refractivity contribution in [2.24, 2.45) is 0 Å². The second-order valence-electron chi connectivity index (χ2n) is 5.86. The van der Waals surface area contributed by atoms with Gasteiger partial charge >= 0.3 is 0 Å². The molecule has 4 nitrogen and oxygen atoms in total. The van der Waals surface area contributed by atoms with Crippen LogP contribution in [0.5, 0.6) is 0 Å². The number of rotatable bonds is 4. The number of H-pyrrole nitrogens is 1. The molecule has 0 amide bonds. The molecule has 0 aliphatic carbocycles. The highest BCUT2D eigenvalue weighted by Gasteiger charge is 2.22.